The van der Waals surface area contributed by atoms with Gasteiger partial charge in [0.2, 0.25) is 11.8 Å². The van der Waals surface area contributed by atoms with Crippen molar-refractivity contribution >= 4 is 0 Å². The van der Waals surface area contributed by atoms with Crippen LogP contribution in [0.3, 0.4) is 0 Å². The van der Waals surface area contributed by atoms with E-state index in [0.717, 1.165) is 36.9 Å². The molecular weight excluding hydrogens is 256 g/mol. The molecule has 0 aromatic carbocycles. The first-order valence-corrected chi connectivity index (χ1v) is 7.12. The first-order chi connectivity index (χ1) is 9.63. The maximum Gasteiger partial charge on any atom is 0.229 e. The number of hydrogen-bond donors (Lipinski definition) is 0. The molecule has 0 unspecified atom stereocenters. The minimum Gasteiger partial charge on any atom is -0.445 e. The van der Waals surface area contributed by atoms with E-state index in [9.17, 15) is 0 Å². The number of hydrogen-bond acceptors (Lipinski definition) is 6. The zero-order valence-corrected chi connectivity index (χ0v) is 12.2. The van der Waals surface area contributed by atoms with Gasteiger partial charge in [-0.3, -0.25) is 4.90 Å². The Labute approximate surface area is 118 Å². The van der Waals surface area contributed by atoms with E-state index in [-0.39, 0.29) is 12.0 Å². The van der Waals surface area contributed by atoms with Crippen molar-refractivity contribution < 1.29 is 8.94 Å². The normalized spacial score (nSPS) is 20.1. The third kappa shape index (κ3) is 2.60. The molecule has 3 heterocycles. The molecular formula is C14H20N4O2. The number of likely N-dealkylation sites (tertiary alicyclic amines) is 1. The average Bonchev–Trinajstić information content (AvgIpc) is 3.10. The predicted octanol–water partition coefficient (Wildman–Crippen LogP) is 2.83. The van der Waals surface area contributed by atoms with Gasteiger partial charge in [0.05, 0.1) is 18.8 Å². The third-order valence-corrected chi connectivity index (χ3v) is 3.62. The summed E-state index contributed by atoms with van der Waals surface area (Å²) in [6.45, 7) is 7.73. The van der Waals surface area contributed by atoms with Gasteiger partial charge in [0.15, 0.2) is 5.82 Å². The zero-order chi connectivity index (χ0) is 14.1. The summed E-state index contributed by atoms with van der Waals surface area (Å²) in [6.07, 6.45) is 3.94. The molecule has 0 radical (unpaired) electrons. The Hall–Kier alpha value is -1.69. The van der Waals surface area contributed by atoms with E-state index in [1.165, 1.54) is 0 Å². The molecule has 0 amide bonds. The second-order valence-corrected chi connectivity index (χ2v) is 5.64. The third-order valence-electron chi connectivity index (χ3n) is 3.62. The van der Waals surface area contributed by atoms with Gasteiger partial charge in [-0.15, -0.1) is 0 Å². The maximum atomic E-state index is 5.56. The molecule has 6 nitrogen and oxygen atoms in total. The fraction of sp³-hybridized carbons (Fsp3) is 0.643. The summed E-state index contributed by atoms with van der Waals surface area (Å²) < 4.78 is 10.9. The van der Waals surface area contributed by atoms with E-state index < -0.39 is 0 Å². The van der Waals surface area contributed by atoms with Crippen molar-refractivity contribution in [3.8, 4) is 0 Å². The lowest BCUT2D eigenvalue weighted by atomic mass is 10.2. The van der Waals surface area contributed by atoms with Gasteiger partial charge in [0.25, 0.3) is 0 Å². The summed E-state index contributed by atoms with van der Waals surface area (Å²) in [5.74, 6) is 3.35. The summed E-state index contributed by atoms with van der Waals surface area (Å²) in [7, 11) is 0. The van der Waals surface area contributed by atoms with Crippen LogP contribution in [0.5, 0.6) is 0 Å². The SMILES string of the molecule is Cc1cnc(CN2CCC[C@@H]2c2noc(C(C)C)n2)o1. The molecule has 0 saturated carbocycles. The van der Waals surface area contributed by atoms with Crippen molar-refractivity contribution in [1.29, 1.82) is 0 Å². The lowest BCUT2D eigenvalue weighted by Crippen LogP contribution is -2.23. The van der Waals surface area contributed by atoms with Crippen LogP contribution >= 0.6 is 0 Å². The van der Waals surface area contributed by atoms with Gasteiger partial charge in [0.1, 0.15) is 5.76 Å². The highest BCUT2D eigenvalue weighted by atomic mass is 16.5. The van der Waals surface area contributed by atoms with E-state index in [0.29, 0.717) is 12.4 Å². The van der Waals surface area contributed by atoms with Gasteiger partial charge >= 0.3 is 0 Å². The van der Waals surface area contributed by atoms with Crippen molar-refractivity contribution in [2.75, 3.05) is 6.54 Å². The Morgan fingerprint density at radius 1 is 1.45 bits per heavy atom. The number of oxazole rings is 1. The summed E-state index contributed by atoms with van der Waals surface area (Å²) in [5, 5.41) is 4.14. The van der Waals surface area contributed by atoms with Crippen molar-refractivity contribution in [2.24, 2.45) is 0 Å². The van der Waals surface area contributed by atoms with E-state index in [4.69, 9.17) is 8.94 Å². The van der Waals surface area contributed by atoms with Crippen LogP contribution in [0.25, 0.3) is 0 Å². The van der Waals surface area contributed by atoms with Gasteiger partial charge in [-0.05, 0) is 26.3 Å². The molecule has 0 spiro atoms. The van der Waals surface area contributed by atoms with Gasteiger partial charge in [-0.2, -0.15) is 4.98 Å². The Bertz CT molecular complexity index is 575. The topological polar surface area (TPSA) is 68.2 Å². The van der Waals surface area contributed by atoms with E-state index in [1.807, 2.05) is 6.92 Å². The zero-order valence-electron chi connectivity index (χ0n) is 12.2. The Balaban J connectivity index is 1.74. The highest BCUT2D eigenvalue weighted by Crippen LogP contribution is 2.32. The van der Waals surface area contributed by atoms with Crippen molar-refractivity contribution in [2.45, 2.75) is 52.1 Å². The molecule has 2 aromatic rings. The van der Waals surface area contributed by atoms with Crippen LogP contribution in [0, 0.1) is 6.92 Å². The van der Waals surface area contributed by atoms with Crippen molar-refractivity contribution in [3.05, 3.63) is 29.6 Å². The number of rotatable bonds is 4. The summed E-state index contributed by atoms with van der Waals surface area (Å²) in [6, 6.07) is 0.207. The lowest BCUT2D eigenvalue weighted by Gasteiger charge is -2.19. The van der Waals surface area contributed by atoms with Crippen LogP contribution in [0.15, 0.2) is 15.1 Å². The van der Waals surface area contributed by atoms with Crippen LogP contribution in [0.2, 0.25) is 0 Å². The van der Waals surface area contributed by atoms with E-state index in [2.05, 4.69) is 33.9 Å². The molecule has 0 aliphatic carbocycles. The highest BCUT2D eigenvalue weighted by molar-refractivity contribution is 5.01. The van der Waals surface area contributed by atoms with Crippen molar-refractivity contribution in [3.63, 3.8) is 0 Å². The van der Waals surface area contributed by atoms with Crippen LogP contribution in [-0.4, -0.2) is 26.6 Å². The highest BCUT2D eigenvalue weighted by Gasteiger charge is 2.31. The van der Waals surface area contributed by atoms with Gasteiger partial charge < -0.3 is 8.94 Å². The van der Waals surface area contributed by atoms with Gasteiger partial charge in [-0.25, -0.2) is 4.98 Å². The van der Waals surface area contributed by atoms with Crippen LogP contribution in [0.4, 0.5) is 0 Å². The first kappa shape index (κ1) is 13.3. The molecule has 0 bridgehead atoms. The summed E-state index contributed by atoms with van der Waals surface area (Å²) in [4.78, 5) is 11.1. The molecule has 108 valence electrons. The molecule has 1 atom stereocenters. The standard InChI is InChI=1S/C14H20N4O2/c1-9(2)14-16-13(17-20-14)11-5-4-6-18(11)8-12-15-7-10(3)19-12/h7,9,11H,4-6,8H2,1-3H3/t11-/m1/s1. The predicted molar refractivity (Wildman–Crippen MR) is 72.0 cm³/mol. The number of aromatic nitrogens is 3. The van der Waals surface area contributed by atoms with Crippen molar-refractivity contribution in [1.82, 2.24) is 20.0 Å². The fourth-order valence-corrected chi connectivity index (χ4v) is 2.57. The average molecular weight is 276 g/mol. The van der Waals surface area contributed by atoms with E-state index >= 15 is 0 Å². The molecule has 3 rings (SSSR count). The fourth-order valence-electron chi connectivity index (χ4n) is 2.57. The molecule has 2 aromatic heterocycles. The Morgan fingerprint density at radius 2 is 2.30 bits per heavy atom. The van der Waals surface area contributed by atoms with Crippen LogP contribution in [-0.2, 0) is 6.54 Å². The second-order valence-electron chi connectivity index (χ2n) is 5.64. The van der Waals surface area contributed by atoms with Gasteiger partial charge in [0, 0.05) is 5.92 Å². The molecule has 0 N–H and O–H groups in total. The lowest BCUT2D eigenvalue weighted by molar-refractivity contribution is 0.211. The largest absolute Gasteiger partial charge is 0.445 e. The maximum absolute atomic E-state index is 5.56. The van der Waals surface area contributed by atoms with E-state index in [1.54, 1.807) is 6.20 Å². The molecule has 1 saturated heterocycles. The number of nitrogens with zero attached hydrogens (tertiary/aromatic N) is 4. The molecule has 6 heteroatoms. The molecule has 20 heavy (non-hydrogen) atoms. The monoisotopic (exact) mass is 276 g/mol. The number of aryl methyl sites for hydroxylation is 1. The summed E-state index contributed by atoms with van der Waals surface area (Å²) >= 11 is 0. The molecule has 1 aliphatic rings. The Morgan fingerprint density at radius 3 is 2.95 bits per heavy atom. The smallest absolute Gasteiger partial charge is 0.229 e. The minimum atomic E-state index is 0.207. The first-order valence-electron chi connectivity index (χ1n) is 7.12. The summed E-state index contributed by atoms with van der Waals surface area (Å²) in [5.41, 5.74) is 0. The van der Waals surface area contributed by atoms with Gasteiger partial charge in [-0.1, -0.05) is 19.0 Å². The second kappa shape index (κ2) is 5.36. The Kier molecular flexibility index (Phi) is 3.56. The van der Waals surface area contributed by atoms with Crippen LogP contribution in [0.1, 0.15) is 62.0 Å². The van der Waals surface area contributed by atoms with Crippen LogP contribution < -0.4 is 0 Å². The molecule has 1 aliphatic heterocycles. The molecule has 1 fully saturated rings. The quantitative estimate of drug-likeness (QED) is 0.855. The minimum absolute atomic E-state index is 0.207.